The molecule has 0 bridgehead atoms. The number of rotatable bonds is 10. The average molecular weight is 312 g/mol. The fourth-order valence-electron chi connectivity index (χ4n) is 2.76. The first-order chi connectivity index (χ1) is 9.92. The van der Waals surface area contributed by atoms with E-state index in [1.165, 1.54) is 23.4 Å². The van der Waals surface area contributed by atoms with E-state index >= 15 is 0 Å². The van der Waals surface area contributed by atoms with Gasteiger partial charge in [0.2, 0.25) is 0 Å². The van der Waals surface area contributed by atoms with E-state index < -0.39 is 0 Å². The summed E-state index contributed by atoms with van der Waals surface area (Å²) < 4.78 is 0. The van der Waals surface area contributed by atoms with Crippen LogP contribution in [0.15, 0.2) is 5.51 Å². The molecule has 3 nitrogen and oxygen atoms in total. The Balaban J connectivity index is 2.57. The van der Waals surface area contributed by atoms with Gasteiger partial charge in [0.05, 0.1) is 11.2 Å². The third-order valence-electron chi connectivity index (χ3n) is 4.42. The quantitative estimate of drug-likeness (QED) is 0.709. The Morgan fingerprint density at radius 3 is 2.48 bits per heavy atom. The lowest BCUT2D eigenvalue weighted by Crippen LogP contribution is -2.43. The molecule has 1 aromatic heterocycles. The maximum Gasteiger partial charge on any atom is 0.0798 e. The molecule has 0 aliphatic carbocycles. The van der Waals surface area contributed by atoms with Gasteiger partial charge >= 0.3 is 0 Å². The molecule has 0 spiro atoms. The molecule has 0 saturated heterocycles. The molecule has 1 N–H and O–H groups in total. The van der Waals surface area contributed by atoms with E-state index in [4.69, 9.17) is 0 Å². The molecule has 0 atom stereocenters. The van der Waals surface area contributed by atoms with Crippen LogP contribution in [0.25, 0.3) is 0 Å². The lowest BCUT2D eigenvalue weighted by atomic mass is 9.81. The van der Waals surface area contributed by atoms with Crippen molar-refractivity contribution >= 4 is 11.3 Å². The van der Waals surface area contributed by atoms with E-state index in [9.17, 15) is 0 Å². The van der Waals surface area contributed by atoms with Gasteiger partial charge in [0, 0.05) is 24.5 Å². The Kier molecular flexibility index (Phi) is 7.85. The first kappa shape index (κ1) is 18.6. The summed E-state index contributed by atoms with van der Waals surface area (Å²) in [5.74, 6) is 0.717. The van der Waals surface area contributed by atoms with Gasteiger partial charge in [-0.3, -0.25) is 0 Å². The molecule has 4 heteroatoms. The molecule has 1 aromatic rings. The lowest BCUT2D eigenvalue weighted by molar-refractivity contribution is 0.150. The van der Waals surface area contributed by atoms with Crippen molar-refractivity contribution in [3.63, 3.8) is 0 Å². The molecule has 1 heterocycles. The molecule has 0 amide bonds. The minimum absolute atomic E-state index is 0.377. The van der Waals surface area contributed by atoms with Gasteiger partial charge in [-0.05, 0) is 44.7 Å². The Bertz CT molecular complexity index is 396. The second kappa shape index (κ2) is 8.86. The highest BCUT2D eigenvalue weighted by Crippen LogP contribution is 2.27. The van der Waals surface area contributed by atoms with Gasteiger partial charge in [-0.25, -0.2) is 4.98 Å². The van der Waals surface area contributed by atoms with Gasteiger partial charge in [0.1, 0.15) is 0 Å². The van der Waals surface area contributed by atoms with E-state index in [1.54, 1.807) is 11.3 Å². The average Bonchev–Trinajstić information content (AvgIpc) is 2.82. The van der Waals surface area contributed by atoms with Crippen molar-refractivity contribution in [2.24, 2.45) is 11.3 Å². The molecule has 0 radical (unpaired) electrons. The number of aromatic nitrogens is 1. The first-order valence-corrected chi connectivity index (χ1v) is 9.08. The summed E-state index contributed by atoms with van der Waals surface area (Å²) in [5.41, 5.74) is 3.51. The van der Waals surface area contributed by atoms with Gasteiger partial charge in [0.25, 0.3) is 0 Å². The van der Waals surface area contributed by atoms with Crippen molar-refractivity contribution in [3.8, 4) is 0 Å². The van der Waals surface area contributed by atoms with Crippen LogP contribution in [-0.2, 0) is 6.54 Å². The van der Waals surface area contributed by atoms with Crippen LogP contribution >= 0.6 is 11.3 Å². The maximum absolute atomic E-state index is 4.35. The summed E-state index contributed by atoms with van der Waals surface area (Å²) in [6, 6.07) is 0. The number of hydrogen-bond donors (Lipinski definition) is 1. The summed E-state index contributed by atoms with van der Waals surface area (Å²) in [6.45, 7) is 15.7. The van der Waals surface area contributed by atoms with E-state index in [1.807, 2.05) is 5.51 Å². The summed E-state index contributed by atoms with van der Waals surface area (Å²) >= 11 is 1.77. The van der Waals surface area contributed by atoms with Crippen molar-refractivity contribution in [2.75, 3.05) is 26.7 Å². The van der Waals surface area contributed by atoms with Crippen molar-refractivity contribution in [2.45, 2.75) is 54.0 Å². The third kappa shape index (κ3) is 6.05. The topological polar surface area (TPSA) is 28.2 Å². The van der Waals surface area contributed by atoms with Crippen LogP contribution in [0.5, 0.6) is 0 Å². The smallest absolute Gasteiger partial charge is 0.0798 e. The van der Waals surface area contributed by atoms with Gasteiger partial charge in [-0.1, -0.05) is 27.7 Å². The van der Waals surface area contributed by atoms with Crippen LogP contribution in [0.2, 0.25) is 0 Å². The fourth-order valence-corrected chi connectivity index (χ4v) is 3.61. The molecule has 21 heavy (non-hydrogen) atoms. The Labute approximate surface area is 135 Å². The summed E-state index contributed by atoms with van der Waals surface area (Å²) in [6.07, 6.45) is 2.45. The predicted molar refractivity (Wildman–Crippen MR) is 93.9 cm³/mol. The number of thiazole rings is 1. The van der Waals surface area contributed by atoms with Gasteiger partial charge in [-0.2, -0.15) is 0 Å². The molecular weight excluding hydrogens is 278 g/mol. The summed E-state index contributed by atoms with van der Waals surface area (Å²) in [4.78, 5) is 8.21. The number of hydrogen-bond acceptors (Lipinski definition) is 4. The molecule has 1 rings (SSSR count). The highest BCUT2D eigenvalue weighted by Gasteiger charge is 2.27. The van der Waals surface area contributed by atoms with Gasteiger partial charge < -0.3 is 10.2 Å². The van der Waals surface area contributed by atoms with E-state index in [0.29, 0.717) is 11.3 Å². The molecule has 0 aliphatic heterocycles. The zero-order valence-electron chi connectivity index (χ0n) is 14.7. The second-order valence-corrected chi connectivity index (χ2v) is 7.70. The predicted octanol–water partition coefficient (Wildman–Crippen LogP) is 3.94. The summed E-state index contributed by atoms with van der Waals surface area (Å²) in [5, 5.41) is 3.67. The molecule has 122 valence electrons. The van der Waals surface area contributed by atoms with Crippen molar-refractivity contribution in [3.05, 3.63) is 16.1 Å². The van der Waals surface area contributed by atoms with Crippen molar-refractivity contribution < 1.29 is 0 Å². The van der Waals surface area contributed by atoms with Gasteiger partial charge in [-0.15, -0.1) is 11.3 Å². The molecule has 0 fully saturated rings. The van der Waals surface area contributed by atoms with Crippen LogP contribution in [0.1, 0.15) is 51.1 Å². The van der Waals surface area contributed by atoms with Crippen LogP contribution in [-0.4, -0.2) is 36.6 Å². The molecule has 0 unspecified atom stereocenters. The van der Waals surface area contributed by atoms with E-state index in [2.05, 4.69) is 56.9 Å². The second-order valence-electron chi connectivity index (χ2n) is 6.77. The Morgan fingerprint density at radius 2 is 2.00 bits per heavy atom. The standard InChI is InChI=1S/C17H33N3S/c1-7-17(8-2,11-18-9-14(3)4)12-20(6)10-16-15(5)19-13-21-16/h13-14,18H,7-12H2,1-6H3. The summed E-state index contributed by atoms with van der Waals surface area (Å²) in [7, 11) is 2.24. The van der Waals surface area contributed by atoms with Crippen LogP contribution in [0, 0.1) is 18.3 Å². The zero-order valence-corrected chi connectivity index (χ0v) is 15.5. The molecular formula is C17H33N3S. The van der Waals surface area contributed by atoms with Crippen molar-refractivity contribution in [1.29, 1.82) is 0 Å². The number of aryl methyl sites for hydroxylation is 1. The first-order valence-electron chi connectivity index (χ1n) is 8.20. The molecule has 0 saturated carbocycles. The van der Waals surface area contributed by atoms with E-state index in [-0.39, 0.29) is 0 Å². The SMILES string of the molecule is CCC(CC)(CNCC(C)C)CN(C)Cc1scnc1C. The van der Waals surface area contributed by atoms with Crippen LogP contribution in [0.3, 0.4) is 0 Å². The lowest BCUT2D eigenvalue weighted by Gasteiger charge is -2.36. The number of nitrogens with one attached hydrogen (secondary N) is 1. The highest BCUT2D eigenvalue weighted by atomic mass is 32.1. The third-order valence-corrected chi connectivity index (χ3v) is 5.34. The molecule has 0 aliphatic rings. The maximum atomic E-state index is 4.35. The highest BCUT2D eigenvalue weighted by molar-refractivity contribution is 7.09. The van der Waals surface area contributed by atoms with Gasteiger partial charge in [0.15, 0.2) is 0 Å². The Morgan fingerprint density at radius 1 is 1.33 bits per heavy atom. The fraction of sp³-hybridized carbons (Fsp3) is 0.824. The number of nitrogens with zero attached hydrogens (tertiary/aromatic N) is 2. The van der Waals surface area contributed by atoms with E-state index in [0.717, 1.165) is 26.2 Å². The Hall–Kier alpha value is -0.450. The minimum Gasteiger partial charge on any atom is -0.316 e. The zero-order chi connectivity index (χ0) is 15.9. The minimum atomic E-state index is 0.377. The monoisotopic (exact) mass is 311 g/mol. The van der Waals surface area contributed by atoms with Crippen LogP contribution < -0.4 is 5.32 Å². The van der Waals surface area contributed by atoms with Crippen molar-refractivity contribution in [1.82, 2.24) is 15.2 Å². The van der Waals surface area contributed by atoms with Crippen LogP contribution in [0.4, 0.5) is 0 Å². The molecule has 0 aromatic carbocycles. The largest absolute Gasteiger partial charge is 0.316 e. The normalized spacial score (nSPS) is 12.6.